The highest BCUT2D eigenvalue weighted by atomic mass is 16.4. The van der Waals surface area contributed by atoms with E-state index in [4.69, 9.17) is 5.11 Å². The number of carbonyl (C=O) groups is 2. The average Bonchev–Trinajstić information content (AvgIpc) is 2.74. The van der Waals surface area contributed by atoms with Gasteiger partial charge in [-0.25, -0.2) is 4.79 Å². The number of carboxylic acids is 1. The van der Waals surface area contributed by atoms with Crippen LogP contribution < -0.4 is 11.0 Å². The molecule has 0 saturated carbocycles. The van der Waals surface area contributed by atoms with Gasteiger partial charge in [-0.05, 0) is 31.0 Å². The Kier molecular flexibility index (Phi) is 4.19. The monoisotopic (exact) mass is 277 g/mol. The smallest absolute Gasteiger partial charge is 0.323 e. The minimum atomic E-state index is -0.854. The van der Waals surface area contributed by atoms with Crippen LogP contribution in [0.1, 0.15) is 25.7 Å². The van der Waals surface area contributed by atoms with Crippen molar-refractivity contribution in [2.45, 2.75) is 25.7 Å². The maximum Gasteiger partial charge on any atom is 0.323 e. The molecule has 7 nitrogen and oxygen atoms in total. The van der Waals surface area contributed by atoms with E-state index in [2.05, 4.69) is 15.3 Å². The molecule has 0 radical (unpaired) electrons. The first kappa shape index (κ1) is 13.9. The van der Waals surface area contributed by atoms with Gasteiger partial charge in [-0.3, -0.25) is 9.59 Å². The Morgan fingerprint density at radius 1 is 1.10 bits per heavy atom. The molecule has 1 heterocycles. The molecule has 0 spiro atoms. The molecule has 2 rings (SSSR count). The lowest BCUT2D eigenvalue weighted by molar-refractivity contribution is -0.137. The molecule has 0 atom stereocenters. The molecule has 0 saturated heterocycles. The Morgan fingerprint density at radius 3 is 2.55 bits per heavy atom. The van der Waals surface area contributed by atoms with Crippen LogP contribution in [0.15, 0.2) is 23.0 Å². The highest BCUT2D eigenvalue weighted by molar-refractivity contribution is 5.92. The maximum absolute atomic E-state index is 11.7. The van der Waals surface area contributed by atoms with E-state index in [0.29, 0.717) is 29.6 Å². The predicted octanol–water partition coefficient (Wildman–Crippen LogP) is 1.44. The minimum Gasteiger partial charge on any atom is -0.481 e. The molecule has 20 heavy (non-hydrogen) atoms. The van der Waals surface area contributed by atoms with Crippen molar-refractivity contribution in [1.29, 1.82) is 0 Å². The van der Waals surface area contributed by atoms with Gasteiger partial charge in [0.15, 0.2) is 0 Å². The molecule has 4 N–H and O–H groups in total. The number of nitrogens with one attached hydrogen (secondary N) is 3. The maximum atomic E-state index is 11.7. The fourth-order valence-corrected chi connectivity index (χ4v) is 1.90. The zero-order valence-corrected chi connectivity index (χ0v) is 10.7. The number of carboxylic acid groups (broad SMARTS) is 1. The SMILES string of the molecule is O=C(O)CCCCC(=O)Nc1ccc2[nH]c(=O)[nH]c2c1. The Labute approximate surface area is 114 Å². The molecule has 1 aromatic carbocycles. The molecule has 0 aliphatic heterocycles. The second-order valence-corrected chi connectivity index (χ2v) is 4.49. The molecule has 0 bridgehead atoms. The number of aromatic nitrogens is 2. The second-order valence-electron chi connectivity index (χ2n) is 4.49. The predicted molar refractivity (Wildman–Crippen MR) is 73.7 cm³/mol. The molecule has 1 aromatic heterocycles. The van der Waals surface area contributed by atoms with Gasteiger partial charge in [-0.15, -0.1) is 0 Å². The molecular weight excluding hydrogens is 262 g/mol. The number of fused-ring (bicyclic) bond motifs is 1. The van der Waals surface area contributed by atoms with E-state index in [1.54, 1.807) is 18.2 Å². The number of rotatable bonds is 6. The standard InChI is InChI=1S/C13H15N3O4/c17-11(3-1-2-4-12(18)19)14-8-5-6-9-10(7-8)16-13(20)15-9/h5-7H,1-4H2,(H,14,17)(H,18,19)(H2,15,16,20). The van der Waals surface area contributed by atoms with Crippen molar-refractivity contribution in [2.24, 2.45) is 0 Å². The molecule has 0 fully saturated rings. The van der Waals surface area contributed by atoms with Crippen molar-refractivity contribution in [3.63, 3.8) is 0 Å². The lowest BCUT2D eigenvalue weighted by atomic mass is 10.2. The van der Waals surface area contributed by atoms with Gasteiger partial charge in [-0.2, -0.15) is 0 Å². The third kappa shape index (κ3) is 3.71. The molecule has 106 valence electrons. The lowest BCUT2D eigenvalue weighted by Gasteiger charge is -2.04. The van der Waals surface area contributed by atoms with E-state index >= 15 is 0 Å². The molecule has 2 aromatic rings. The number of hydrogen-bond acceptors (Lipinski definition) is 3. The van der Waals surface area contributed by atoms with Crippen LogP contribution >= 0.6 is 0 Å². The average molecular weight is 277 g/mol. The minimum absolute atomic E-state index is 0.0732. The van der Waals surface area contributed by atoms with Crippen LogP contribution in [-0.2, 0) is 9.59 Å². The number of carbonyl (C=O) groups excluding carboxylic acids is 1. The van der Waals surface area contributed by atoms with Gasteiger partial charge in [0, 0.05) is 18.5 Å². The summed E-state index contributed by atoms with van der Waals surface area (Å²) in [5.41, 5.74) is 1.60. The number of imidazole rings is 1. The van der Waals surface area contributed by atoms with E-state index in [-0.39, 0.29) is 24.4 Å². The van der Waals surface area contributed by atoms with Crippen molar-refractivity contribution in [3.8, 4) is 0 Å². The van der Waals surface area contributed by atoms with Crippen molar-refractivity contribution in [3.05, 3.63) is 28.7 Å². The summed E-state index contributed by atoms with van der Waals surface area (Å²) in [4.78, 5) is 38.3. The van der Waals surface area contributed by atoms with Gasteiger partial charge in [0.05, 0.1) is 11.0 Å². The highest BCUT2D eigenvalue weighted by Crippen LogP contribution is 2.15. The second kappa shape index (κ2) is 6.05. The first-order chi connectivity index (χ1) is 9.54. The first-order valence-corrected chi connectivity index (χ1v) is 6.28. The largest absolute Gasteiger partial charge is 0.481 e. The van der Waals surface area contributed by atoms with Crippen molar-refractivity contribution in [1.82, 2.24) is 9.97 Å². The summed E-state index contributed by atoms with van der Waals surface area (Å²) in [7, 11) is 0. The number of hydrogen-bond donors (Lipinski definition) is 4. The molecule has 7 heteroatoms. The highest BCUT2D eigenvalue weighted by Gasteiger charge is 2.05. The number of benzene rings is 1. The molecule has 1 amide bonds. The van der Waals surface area contributed by atoms with Crippen molar-refractivity contribution in [2.75, 3.05) is 5.32 Å². The van der Waals surface area contributed by atoms with Crippen LogP contribution in [0.4, 0.5) is 5.69 Å². The topological polar surface area (TPSA) is 115 Å². The number of aromatic amines is 2. The number of H-pyrrole nitrogens is 2. The van der Waals surface area contributed by atoms with Crippen LogP contribution in [0.25, 0.3) is 11.0 Å². The summed E-state index contributed by atoms with van der Waals surface area (Å²) in [6.45, 7) is 0. The van der Waals surface area contributed by atoms with Gasteiger partial charge in [0.2, 0.25) is 5.91 Å². The molecule has 0 unspecified atom stereocenters. The molecule has 0 aliphatic carbocycles. The summed E-state index contributed by atoms with van der Waals surface area (Å²) < 4.78 is 0. The Bertz CT molecular complexity index is 686. The van der Waals surface area contributed by atoms with Crippen LogP contribution in [0.3, 0.4) is 0 Å². The van der Waals surface area contributed by atoms with E-state index < -0.39 is 5.97 Å². The van der Waals surface area contributed by atoms with E-state index in [1.807, 2.05) is 0 Å². The van der Waals surface area contributed by atoms with Gasteiger partial charge < -0.3 is 20.4 Å². The zero-order chi connectivity index (χ0) is 14.5. The number of amides is 1. The quantitative estimate of drug-likeness (QED) is 0.598. The number of unbranched alkanes of at least 4 members (excludes halogenated alkanes) is 1. The lowest BCUT2D eigenvalue weighted by Crippen LogP contribution is -2.11. The number of anilines is 1. The first-order valence-electron chi connectivity index (χ1n) is 6.28. The summed E-state index contributed by atoms with van der Waals surface area (Å²) in [6, 6.07) is 5.07. The van der Waals surface area contributed by atoms with Gasteiger partial charge >= 0.3 is 11.7 Å². The third-order valence-corrected chi connectivity index (χ3v) is 2.84. The molecule has 0 aliphatic rings. The third-order valence-electron chi connectivity index (χ3n) is 2.84. The van der Waals surface area contributed by atoms with Gasteiger partial charge in [0.1, 0.15) is 0 Å². The fourth-order valence-electron chi connectivity index (χ4n) is 1.90. The van der Waals surface area contributed by atoms with Crippen LogP contribution in [-0.4, -0.2) is 27.0 Å². The van der Waals surface area contributed by atoms with Gasteiger partial charge in [0.25, 0.3) is 0 Å². The summed E-state index contributed by atoms with van der Waals surface area (Å²) >= 11 is 0. The van der Waals surface area contributed by atoms with E-state index in [1.165, 1.54) is 0 Å². The van der Waals surface area contributed by atoms with E-state index in [0.717, 1.165) is 0 Å². The van der Waals surface area contributed by atoms with Crippen LogP contribution in [0.5, 0.6) is 0 Å². The summed E-state index contributed by atoms with van der Waals surface area (Å²) in [5, 5.41) is 11.2. The summed E-state index contributed by atoms with van der Waals surface area (Å²) in [5.74, 6) is -1.03. The van der Waals surface area contributed by atoms with Crippen LogP contribution in [0.2, 0.25) is 0 Å². The van der Waals surface area contributed by atoms with Crippen LogP contribution in [0, 0.1) is 0 Å². The fraction of sp³-hybridized carbons (Fsp3) is 0.308. The molecular formula is C13H15N3O4. The zero-order valence-electron chi connectivity index (χ0n) is 10.7. The van der Waals surface area contributed by atoms with E-state index in [9.17, 15) is 14.4 Å². The Balaban J connectivity index is 1.89. The number of aliphatic carboxylic acids is 1. The Morgan fingerprint density at radius 2 is 1.80 bits per heavy atom. The van der Waals surface area contributed by atoms with Gasteiger partial charge in [-0.1, -0.05) is 0 Å². The normalized spacial score (nSPS) is 10.6. The Hall–Kier alpha value is -2.57. The van der Waals surface area contributed by atoms with Crippen molar-refractivity contribution >= 4 is 28.6 Å². The summed E-state index contributed by atoms with van der Waals surface area (Å²) in [6.07, 6.45) is 1.35. The van der Waals surface area contributed by atoms with Crippen molar-refractivity contribution < 1.29 is 14.7 Å².